The Morgan fingerprint density at radius 3 is 2.61 bits per heavy atom. The van der Waals surface area contributed by atoms with E-state index in [9.17, 15) is 4.79 Å². The zero-order chi connectivity index (χ0) is 19.3. The number of ether oxygens (including phenoxy) is 1. The Kier molecular flexibility index (Phi) is 5.06. The average Bonchev–Trinajstić information content (AvgIpc) is 3.11. The van der Waals surface area contributed by atoms with E-state index >= 15 is 0 Å². The van der Waals surface area contributed by atoms with Crippen LogP contribution >= 0.6 is 0 Å². The fraction of sp³-hybridized carbons (Fsp3) is 0.130. The van der Waals surface area contributed by atoms with Gasteiger partial charge in [0.15, 0.2) is 5.76 Å². The van der Waals surface area contributed by atoms with Crippen LogP contribution in [0.25, 0.3) is 11.0 Å². The van der Waals surface area contributed by atoms with Crippen molar-refractivity contribution >= 4 is 16.9 Å². The summed E-state index contributed by atoms with van der Waals surface area (Å²) in [7, 11) is 1.75. The van der Waals surface area contributed by atoms with Gasteiger partial charge in [-0.25, -0.2) is 0 Å². The number of amides is 1. The van der Waals surface area contributed by atoms with Crippen LogP contribution in [0.3, 0.4) is 0 Å². The monoisotopic (exact) mass is 372 g/mol. The number of benzene rings is 2. The van der Waals surface area contributed by atoms with Crippen molar-refractivity contribution in [1.29, 1.82) is 0 Å². The van der Waals surface area contributed by atoms with Crippen molar-refractivity contribution in [3.63, 3.8) is 0 Å². The van der Waals surface area contributed by atoms with Crippen molar-refractivity contribution in [3.05, 3.63) is 96.0 Å². The highest BCUT2D eigenvalue weighted by atomic mass is 16.5. The van der Waals surface area contributed by atoms with Gasteiger partial charge in [-0.15, -0.1) is 0 Å². The number of aromatic nitrogens is 1. The highest BCUT2D eigenvalue weighted by Gasteiger charge is 2.24. The molecule has 28 heavy (non-hydrogen) atoms. The number of nitrogens with zero attached hydrogens (tertiary/aromatic N) is 2. The Morgan fingerprint density at radius 2 is 1.82 bits per heavy atom. The first-order chi connectivity index (χ1) is 13.7. The van der Waals surface area contributed by atoms with Gasteiger partial charge in [0.25, 0.3) is 5.91 Å². The minimum atomic E-state index is -0.188. The van der Waals surface area contributed by atoms with Gasteiger partial charge in [0.1, 0.15) is 17.9 Å². The first-order valence-corrected chi connectivity index (χ1v) is 9.05. The molecule has 0 atom stereocenters. The van der Waals surface area contributed by atoms with Crippen LogP contribution in [-0.4, -0.2) is 22.8 Å². The quantitative estimate of drug-likeness (QED) is 0.493. The van der Waals surface area contributed by atoms with Crippen molar-refractivity contribution in [2.45, 2.75) is 13.2 Å². The van der Waals surface area contributed by atoms with Crippen molar-refractivity contribution in [2.75, 3.05) is 7.05 Å². The zero-order valence-electron chi connectivity index (χ0n) is 15.5. The molecular formula is C23H20N2O3. The summed E-state index contributed by atoms with van der Waals surface area (Å²) >= 11 is 0. The van der Waals surface area contributed by atoms with Gasteiger partial charge >= 0.3 is 0 Å². The van der Waals surface area contributed by atoms with E-state index in [4.69, 9.17) is 9.15 Å². The highest BCUT2D eigenvalue weighted by Crippen LogP contribution is 2.28. The molecule has 2 heterocycles. The highest BCUT2D eigenvalue weighted by molar-refractivity contribution is 5.98. The summed E-state index contributed by atoms with van der Waals surface area (Å²) in [5.74, 6) is 0.866. The Labute approximate surface area is 163 Å². The summed E-state index contributed by atoms with van der Waals surface area (Å²) in [6, 6.07) is 21.0. The lowest BCUT2D eigenvalue weighted by atomic mass is 10.1. The van der Waals surface area contributed by atoms with Crippen molar-refractivity contribution < 1.29 is 13.9 Å². The minimum Gasteiger partial charge on any atom is -0.489 e. The molecule has 4 aromatic rings. The second-order valence-electron chi connectivity index (χ2n) is 6.53. The van der Waals surface area contributed by atoms with Gasteiger partial charge in [0.05, 0.1) is 0 Å². The van der Waals surface area contributed by atoms with Gasteiger partial charge < -0.3 is 14.1 Å². The molecule has 0 spiro atoms. The maximum Gasteiger partial charge on any atom is 0.290 e. The molecule has 0 saturated carbocycles. The molecule has 0 aliphatic heterocycles. The molecule has 1 amide bonds. The Hall–Kier alpha value is -3.60. The summed E-state index contributed by atoms with van der Waals surface area (Å²) in [6.07, 6.45) is 3.46. The number of pyridine rings is 1. The lowest BCUT2D eigenvalue weighted by Crippen LogP contribution is -2.26. The van der Waals surface area contributed by atoms with E-state index < -0.39 is 0 Å². The smallest absolute Gasteiger partial charge is 0.290 e. The predicted octanol–water partition coefficient (Wildman–Crippen LogP) is 4.68. The van der Waals surface area contributed by atoms with E-state index in [-0.39, 0.29) is 12.5 Å². The standard InChI is InChI=1S/C23H20N2O3/c1-25(15-17-8-7-13-24-14-17)23(26)22-20(16-27-18-9-3-2-4-10-18)19-11-5-6-12-21(19)28-22/h2-14H,15-16H2,1H3. The van der Waals surface area contributed by atoms with E-state index in [1.54, 1.807) is 24.3 Å². The van der Waals surface area contributed by atoms with E-state index in [1.807, 2.05) is 66.7 Å². The third kappa shape index (κ3) is 3.74. The molecule has 2 aromatic heterocycles. The third-order valence-corrected chi connectivity index (χ3v) is 4.51. The van der Waals surface area contributed by atoms with Crippen molar-refractivity contribution in [1.82, 2.24) is 9.88 Å². The lowest BCUT2D eigenvalue weighted by Gasteiger charge is -2.16. The van der Waals surface area contributed by atoms with Gasteiger partial charge in [-0.1, -0.05) is 42.5 Å². The first kappa shape index (κ1) is 17.8. The van der Waals surface area contributed by atoms with E-state index in [2.05, 4.69) is 4.98 Å². The molecule has 0 N–H and O–H groups in total. The van der Waals surface area contributed by atoms with Crippen LogP contribution in [-0.2, 0) is 13.2 Å². The summed E-state index contributed by atoms with van der Waals surface area (Å²) in [4.78, 5) is 18.8. The number of hydrogen-bond acceptors (Lipinski definition) is 4. The van der Waals surface area contributed by atoms with Crippen LogP contribution in [0.1, 0.15) is 21.7 Å². The number of rotatable bonds is 6. The van der Waals surface area contributed by atoms with Gasteiger partial charge in [0.2, 0.25) is 0 Å². The molecule has 5 nitrogen and oxygen atoms in total. The third-order valence-electron chi connectivity index (χ3n) is 4.51. The van der Waals surface area contributed by atoms with E-state index in [0.29, 0.717) is 17.9 Å². The maximum absolute atomic E-state index is 13.1. The van der Waals surface area contributed by atoms with Gasteiger partial charge in [0, 0.05) is 36.9 Å². The van der Waals surface area contributed by atoms with Crippen molar-refractivity contribution in [2.24, 2.45) is 0 Å². The zero-order valence-corrected chi connectivity index (χ0v) is 15.5. The van der Waals surface area contributed by atoms with Crippen LogP contribution < -0.4 is 4.74 Å². The van der Waals surface area contributed by atoms with Crippen molar-refractivity contribution in [3.8, 4) is 5.75 Å². The number of furan rings is 1. The van der Waals surface area contributed by atoms with Crippen LogP contribution in [0.4, 0.5) is 0 Å². The maximum atomic E-state index is 13.1. The molecule has 0 fully saturated rings. The predicted molar refractivity (Wildman–Crippen MR) is 107 cm³/mol. The fourth-order valence-corrected chi connectivity index (χ4v) is 3.10. The van der Waals surface area contributed by atoms with Crippen LogP contribution in [0.15, 0.2) is 83.5 Å². The largest absolute Gasteiger partial charge is 0.489 e. The fourth-order valence-electron chi connectivity index (χ4n) is 3.10. The molecule has 0 radical (unpaired) electrons. The Bertz CT molecular complexity index is 1070. The topological polar surface area (TPSA) is 55.6 Å². The number of carbonyl (C=O) groups excluding carboxylic acids is 1. The van der Waals surface area contributed by atoms with Crippen LogP contribution in [0.2, 0.25) is 0 Å². The number of carbonyl (C=O) groups is 1. The molecule has 0 aliphatic rings. The summed E-state index contributed by atoms with van der Waals surface area (Å²) in [5.41, 5.74) is 2.38. The summed E-state index contributed by atoms with van der Waals surface area (Å²) in [5, 5.41) is 0.886. The Morgan fingerprint density at radius 1 is 1.04 bits per heavy atom. The Balaban J connectivity index is 1.62. The lowest BCUT2D eigenvalue weighted by molar-refractivity contribution is 0.0752. The molecule has 5 heteroatoms. The van der Waals surface area contributed by atoms with Gasteiger partial charge in [-0.3, -0.25) is 9.78 Å². The summed E-state index contributed by atoms with van der Waals surface area (Å²) in [6.45, 7) is 0.700. The normalized spacial score (nSPS) is 10.8. The first-order valence-electron chi connectivity index (χ1n) is 9.05. The number of fused-ring (bicyclic) bond motifs is 1. The second kappa shape index (κ2) is 7.96. The molecule has 2 aromatic carbocycles. The molecule has 0 unspecified atom stereocenters. The molecule has 0 saturated heterocycles. The molecule has 0 aliphatic carbocycles. The SMILES string of the molecule is CN(Cc1cccnc1)C(=O)c1oc2ccccc2c1COc1ccccc1. The number of para-hydroxylation sites is 2. The van der Waals surface area contributed by atoms with Gasteiger partial charge in [-0.2, -0.15) is 0 Å². The molecular weight excluding hydrogens is 352 g/mol. The second-order valence-corrected chi connectivity index (χ2v) is 6.53. The number of hydrogen-bond donors (Lipinski definition) is 0. The molecule has 4 rings (SSSR count). The molecule has 140 valence electrons. The van der Waals surface area contributed by atoms with E-state index in [0.717, 1.165) is 22.3 Å². The van der Waals surface area contributed by atoms with E-state index in [1.165, 1.54) is 0 Å². The van der Waals surface area contributed by atoms with Crippen LogP contribution in [0, 0.1) is 0 Å². The van der Waals surface area contributed by atoms with Gasteiger partial charge in [-0.05, 0) is 29.8 Å². The minimum absolute atomic E-state index is 0.188. The average molecular weight is 372 g/mol. The molecule has 0 bridgehead atoms. The van der Waals surface area contributed by atoms with Crippen LogP contribution in [0.5, 0.6) is 5.75 Å². The summed E-state index contributed by atoms with van der Waals surface area (Å²) < 4.78 is 11.8.